The van der Waals surface area contributed by atoms with E-state index in [0.29, 0.717) is 43.1 Å². The molecule has 1 amide bonds. The Balaban J connectivity index is 1.39. The first kappa shape index (κ1) is 24.3. The van der Waals surface area contributed by atoms with Crippen LogP contribution in [0.4, 0.5) is 28.9 Å². The number of nitrogens with two attached hydrogens (primary N) is 1. The molecule has 0 spiro atoms. The highest BCUT2D eigenvalue weighted by molar-refractivity contribution is 5.96. The van der Waals surface area contributed by atoms with Crippen LogP contribution in [0.3, 0.4) is 0 Å². The summed E-state index contributed by atoms with van der Waals surface area (Å²) in [7, 11) is 0. The highest BCUT2D eigenvalue weighted by Gasteiger charge is 2.34. The van der Waals surface area contributed by atoms with Crippen molar-refractivity contribution in [2.75, 3.05) is 36.8 Å². The summed E-state index contributed by atoms with van der Waals surface area (Å²) in [6.07, 6.45) is -5.26. The van der Waals surface area contributed by atoms with Crippen molar-refractivity contribution in [1.29, 1.82) is 0 Å². The van der Waals surface area contributed by atoms with E-state index in [1.54, 1.807) is 0 Å². The normalized spacial score (nSPS) is 22.6. The van der Waals surface area contributed by atoms with Gasteiger partial charge < -0.3 is 15.4 Å². The van der Waals surface area contributed by atoms with Gasteiger partial charge in [0.15, 0.2) is 11.9 Å². The van der Waals surface area contributed by atoms with Crippen LogP contribution in [0.15, 0.2) is 36.4 Å². The molecule has 0 aliphatic carbocycles. The molecule has 0 radical (unpaired) electrons. The van der Waals surface area contributed by atoms with Crippen LogP contribution in [-0.4, -0.2) is 55.1 Å². The van der Waals surface area contributed by atoms with Gasteiger partial charge in [-0.2, -0.15) is 13.2 Å². The molecule has 2 aliphatic rings. The Labute approximate surface area is 195 Å². The number of ether oxygens (including phenoxy) is 1. The quantitative estimate of drug-likeness (QED) is 0.433. The summed E-state index contributed by atoms with van der Waals surface area (Å²) in [5, 5.41) is 5.89. The van der Waals surface area contributed by atoms with Crippen molar-refractivity contribution in [2.24, 2.45) is 5.73 Å². The summed E-state index contributed by atoms with van der Waals surface area (Å²) in [6.45, 7) is 3.47. The molecule has 0 aromatic heterocycles. The Morgan fingerprint density at radius 1 is 1.29 bits per heavy atom. The molecule has 2 unspecified atom stereocenters. The van der Waals surface area contributed by atoms with Crippen LogP contribution in [0, 0.1) is 6.92 Å². The van der Waals surface area contributed by atoms with Crippen LogP contribution in [0.5, 0.6) is 5.75 Å². The molecule has 2 aromatic rings. The van der Waals surface area contributed by atoms with E-state index >= 15 is 0 Å². The molecular weight excluding hydrogens is 452 g/mol. The first-order valence-corrected chi connectivity index (χ1v) is 11.2. The number of fused-ring (bicyclic) bond motifs is 1. The number of halogens is 4. The number of alkyl halides is 4. The lowest BCUT2D eigenvalue weighted by atomic mass is 10.1. The maximum absolute atomic E-state index is 13.9. The van der Waals surface area contributed by atoms with Crippen molar-refractivity contribution in [3.63, 3.8) is 0 Å². The van der Waals surface area contributed by atoms with E-state index in [1.165, 1.54) is 18.2 Å². The Kier molecular flexibility index (Phi) is 6.73. The summed E-state index contributed by atoms with van der Waals surface area (Å²) >= 11 is 0. The van der Waals surface area contributed by atoms with Gasteiger partial charge in [0.2, 0.25) is 0 Å². The summed E-state index contributed by atoms with van der Waals surface area (Å²) < 4.78 is 57.6. The van der Waals surface area contributed by atoms with Crippen LogP contribution < -0.4 is 21.1 Å². The van der Waals surface area contributed by atoms with Gasteiger partial charge in [0.1, 0.15) is 5.75 Å². The van der Waals surface area contributed by atoms with Crippen molar-refractivity contribution in [1.82, 2.24) is 4.90 Å². The van der Waals surface area contributed by atoms with E-state index in [-0.39, 0.29) is 24.6 Å². The molecule has 4 rings (SSSR count). The zero-order chi connectivity index (χ0) is 24.5. The lowest BCUT2D eigenvalue weighted by Gasteiger charge is -2.27. The summed E-state index contributed by atoms with van der Waals surface area (Å²) in [4.78, 5) is 14.9. The van der Waals surface area contributed by atoms with Crippen LogP contribution in [0.25, 0.3) is 0 Å². The predicted octanol–water partition coefficient (Wildman–Crippen LogP) is 3.78. The number of aryl methyl sites for hydroxylation is 1. The highest BCUT2D eigenvalue weighted by atomic mass is 19.4. The van der Waals surface area contributed by atoms with E-state index in [4.69, 9.17) is 10.5 Å². The van der Waals surface area contributed by atoms with Gasteiger partial charge in [0.25, 0.3) is 5.91 Å². The van der Waals surface area contributed by atoms with Crippen molar-refractivity contribution >= 4 is 17.3 Å². The van der Waals surface area contributed by atoms with Crippen molar-refractivity contribution in [2.45, 2.75) is 44.3 Å². The monoisotopic (exact) mass is 480 g/mol. The molecule has 1 fully saturated rings. The first-order valence-electron chi connectivity index (χ1n) is 11.2. The standard InChI is InChI=1S/C24H28F4N4O2/c1-15-2-4-18(17(10-15)6-8-32-9-7-23(25,29)14-32)31-22(33)21-13-30-19-11-16(12-24(26,27)28)3-5-20(19)34-21/h2-5,10-11,21,30H,6-9,12-14,29H2,1H3,(H,31,33). The number of benzene rings is 2. The molecule has 4 N–H and O–H groups in total. The molecule has 2 aromatic carbocycles. The van der Waals surface area contributed by atoms with Gasteiger partial charge in [-0.3, -0.25) is 15.4 Å². The van der Waals surface area contributed by atoms with E-state index in [0.717, 1.165) is 11.1 Å². The molecule has 2 atom stereocenters. The van der Waals surface area contributed by atoms with Crippen LogP contribution in [0.1, 0.15) is 23.1 Å². The first-order chi connectivity index (χ1) is 16.0. The van der Waals surface area contributed by atoms with Crippen LogP contribution in [0.2, 0.25) is 0 Å². The lowest BCUT2D eigenvalue weighted by Crippen LogP contribution is -2.41. The number of hydrogen-bond acceptors (Lipinski definition) is 5. The minimum Gasteiger partial charge on any atom is -0.477 e. The predicted molar refractivity (Wildman–Crippen MR) is 122 cm³/mol. The van der Waals surface area contributed by atoms with Gasteiger partial charge in [0, 0.05) is 31.7 Å². The maximum Gasteiger partial charge on any atom is 0.393 e. The Bertz CT molecular complexity index is 1060. The van der Waals surface area contributed by atoms with Gasteiger partial charge in [-0.05, 0) is 42.7 Å². The second-order valence-electron chi connectivity index (χ2n) is 9.07. The third-order valence-corrected chi connectivity index (χ3v) is 6.03. The maximum atomic E-state index is 13.9. The molecule has 0 saturated carbocycles. The summed E-state index contributed by atoms with van der Waals surface area (Å²) in [5.41, 5.74) is 8.71. The van der Waals surface area contributed by atoms with Gasteiger partial charge in [-0.25, -0.2) is 4.39 Å². The fraction of sp³-hybridized carbons (Fsp3) is 0.458. The van der Waals surface area contributed by atoms with E-state index in [1.807, 2.05) is 30.0 Å². The third-order valence-electron chi connectivity index (χ3n) is 6.03. The highest BCUT2D eigenvalue weighted by Crippen LogP contribution is 2.33. The average molecular weight is 481 g/mol. The molecule has 1 saturated heterocycles. The SMILES string of the molecule is Cc1ccc(NC(=O)C2CNc3cc(CC(F)(F)F)ccc3O2)c(CCN2CCC(N)(F)C2)c1. The molecule has 184 valence electrons. The molecular formula is C24H28F4N4O2. The van der Waals surface area contributed by atoms with Crippen molar-refractivity contribution in [3.05, 3.63) is 53.1 Å². The Morgan fingerprint density at radius 3 is 2.79 bits per heavy atom. The number of carbonyl (C=O) groups is 1. The fourth-order valence-electron chi connectivity index (χ4n) is 4.31. The fourth-order valence-corrected chi connectivity index (χ4v) is 4.31. The lowest BCUT2D eigenvalue weighted by molar-refractivity contribution is -0.127. The number of likely N-dealkylation sites (tertiary alicyclic amines) is 1. The number of amides is 1. The Hall–Kier alpha value is -2.85. The van der Waals surface area contributed by atoms with Gasteiger partial charge in [0.05, 0.1) is 18.7 Å². The largest absolute Gasteiger partial charge is 0.477 e. The second kappa shape index (κ2) is 9.42. The molecule has 10 heteroatoms. The molecule has 6 nitrogen and oxygen atoms in total. The molecule has 0 bridgehead atoms. The number of hydrogen-bond donors (Lipinski definition) is 3. The minimum atomic E-state index is -4.30. The average Bonchev–Trinajstić information content (AvgIpc) is 3.11. The summed E-state index contributed by atoms with van der Waals surface area (Å²) in [6, 6.07) is 9.87. The number of rotatable bonds is 6. The molecule has 2 aliphatic heterocycles. The zero-order valence-electron chi connectivity index (χ0n) is 18.8. The van der Waals surface area contributed by atoms with Crippen molar-refractivity contribution < 1.29 is 27.1 Å². The molecule has 2 heterocycles. The number of carbonyl (C=O) groups excluding carboxylic acids is 1. The van der Waals surface area contributed by atoms with E-state index in [9.17, 15) is 22.4 Å². The number of nitrogens with zero attached hydrogens (tertiary/aromatic N) is 1. The Morgan fingerprint density at radius 2 is 2.09 bits per heavy atom. The smallest absolute Gasteiger partial charge is 0.393 e. The topological polar surface area (TPSA) is 79.6 Å². The van der Waals surface area contributed by atoms with Crippen LogP contribution >= 0.6 is 0 Å². The second-order valence-corrected chi connectivity index (χ2v) is 9.07. The van der Waals surface area contributed by atoms with Crippen LogP contribution in [-0.2, 0) is 17.6 Å². The van der Waals surface area contributed by atoms with Crippen molar-refractivity contribution in [3.8, 4) is 5.75 Å². The van der Waals surface area contributed by atoms with Gasteiger partial charge in [-0.15, -0.1) is 0 Å². The summed E-state index contributed by atoms with van der Waals surface area (Å²) in [5.74, 6) is -1.70. The van der Waals surface area contributed by atoms with E-state index in [2.05, 4.69) is 10.6 Å². The van der Waals surface area contributed by atoms with Gasteiger partial charge >= 0.3 is 6.18 Å². The van der Waals surface area contributed by atoms with E-state index < -0.39 is 24.5 Å². The third kappa shape index (κ3) is 6.18. The molecule has 34 heavy (non-hydrogen) atoms. The number of anilines is 2. The van der Waals surface area contributed by atoms with Gasteiger partial charge in [-0.1, -0.05) is 23.8 Å². The number of nitrogens with one attached hydrogen (secondary N) is 2. The zero-order valence-corrected chi connectivity index (χ0v) is 18.8. The minimum absolute atomic E-state index is 0.118.